The Kier molecular flexibility index (Phi) is 6.49. The van der Waals surface area contributed by atoms with Gasteiger partial charge in [-0.1, -0.05) is 6.07 Å². The van der Waals surface area contributed by atoms with Crippen molar-refractivity contribution in [1.29, 1.82) is 0 Å². The summed E-state index contributed by atoms with van der Waals surface area (Å²) in [5.74, 6) is 0.817. The van der Waals surface area contributed by atoms with Crippen LogP contribution in [0.25, 0.3) is 6.08 Å². The van der Waals surface area contributed by atoms with Crippen LogP contribution in [-0.2, 0) is 11.0 Å². The van der Waals surface area contributed by atoms with E-state index >= 15 is 0 Å². The first-order chi connectivity index (χ1) is 14.3. The van der Waals surface area contributed by atoms with Crippen molar-refractivity contribution in [3.63, 3.8) is 0 Å². The zero-order valence-corrected chi connectivity index (χ0v) is 16.5. The lowest BCUT2D eigenvalue weighted by Crippen LogP contribution is -2.29. The number of benzene rings is 1. The standard InChI is InChI=1S/C21H21F3N2O4/c1-28-17-5-3-14(11-18(17)29-2)4-6-20(27)26-10-8-16(13-26)30-19-12-15(7-9-25-19)21(22,23)24/h3-7,9,11-12,16H,8,10,13H2,1-2H3. The Morgan fingerprint density at radius 3 is 2.63 bits per heavy atom. The average Bonchev–Trinajstić information content (AvgIpc) is 3.20. The van der Waals surface area contributed by atoms with Gasteiger partial charge in [0.2, 0.25) is 11.8 Å². The molecule has 1 saturated heterocycles. The van der Waals surface area contributed by atoms with Crippen LogP contribution in [0.4, 0.5) is 13.2 Å². The molecule has 1 aromatic carbocycles. The molecule has 0 spiro atoms. The van der Waals surface area contributed by atoms with E-state index in [0.717, 1.165) is 23.9 Å². The zero-order valence-electron chi connectivity index (χ0n) is 16.5. The van der Waals surface area contributed by atoms with Gasteiger partial charge in [-0.05, 0) is 29.8 Å². The molecule has 2 aromatic rings. The molecule has 1 aromatic heterocycles. The van der Waals surface area contributed by atoms with Crippen LogP contribution < -0.4 is 14.2 Å². The molecule has 0 saturated carbocycles. The highest BCUT2D eigenvalue weighted by molar-refractivity contribution is 5.92. The number of methoxy groups -OCH3 is 2. The minimum absolute atomic E-state index is 0.106. The monoisotopic (exact) mass is 422 g/mol. The summed E-state index contributed by atoms with van der Waals surface area (Å²) < 4.78 is 54.4. The molecular weight excluding hydrogens is 401 g/mol. The number of rotatable bonds is 6. The molecule has 1 aliphatic heterocycles. The topological polar surface area (TPSA) is 60.9 Å². The Labute approximate surface area is 171 Å². The predicted molar refractivity (Wildman–Crippen MR) is 103 cm³/mol. The van der Waals surface area contributed by atoms with E-state index in [1.54, 1.807) is 29.2 Å². The first-order valence-electron chi connectivity index (χ1n) is 9.19. The van der Waals surface area contributed by atoms with E-state index in [-0.39, 0.29) is 18.3 Å². The molecule has 0 radical (unpaired) electrons. The van der Waals surface area contributed by atoms with Crippen molar-refractivity contribution in [2.24, 2.45) is 0 Å². The minimum Gasteiger partial charge on any atom is -0.493 e. The lowest BCUT2D eigenvalue weighted by molar-refractivity contribution is -0.137. The number of carbonyl (C=O) groups excluding carboxylic acids is 1. The van der Waals surface area contributed by atoms with Gasteiger partial charge in [-0.15, -0.1) is 0 Å². The smallest absolute Gasteiger partial charge is 0.416 e. The maximum Gasteiger partial charge on any atom is 0.416 e. The van der Waals surface area contributed by atoms with Crippen LogP contribution >= 0.6 is 0 Å². The molecule has 3 rings (SSSR count). The minimum atomic E-state index is -4.46. The highest BCUT2D eigenvalue weighted by Crippen LogP contribution is 2.31. The molecule has 0 bridgehead atoms. The molecule has 1 amide bonds. The number of alkyl halides is 3. The SMILES string of the molecule is COc1ccc(C=CC(=O)N2CCC(Oc3cc(C(F)(F)F)ccn3)C2)cc1OC. The lowest BCUT2D eigenvalue weighted by atomic mass is 10.2. The number of aromatic nitrogens is 1. The van der Waals surface area contributed by atoms with Gasteiger partial charge < -0.3 is 19.1 Å². The largest absolute Gasteiger partial charge is 0.493 e. The molecule has 6 nitrogen and oxygen atoms in total. The van der Waals surface area contributed by atoms with E-state index in [9.17, 15) is 18.0 Å². The number of nitrogens with zero attached hydrogens (tertiary/aromatic N) is 2. The summed E-state index contributed by atoms with van der Waals surface area (Å²) in [6, 6.07) is 7.03. The van der Waals surface area contributed by atoms with Crippen molar-refractivity contribution in [3.05, 3.63) is 53.7 Å². The second-order valence-corrected chi connectivity index (χ2v) is 6.64. The van der Waals surface area contributed by atoms with Crippen molar-refractivity contribution in [2.45, 2.75) is 18.7 Å². The molecule has 160 valence electrons. The second-order valence-electron chi connectivity index (χ2n) is 6.64. The molecule has 2 heterocycles. The third-order valence-electron chi connectivity index (χ3n) is 4.63. The Balaban J connectivity index is 1.59. The first-order valence-corrected chi connectivity index (χ1v) is 9.19. The third kappa shape index (κ3) is 5.22. The Bertz CT molecular complexity index is 931. The third-order valence-corrected chi connectivity index (χ3v) is 4.63. The summed E-state index contributed by atoms with van der Waals surface area (Å²) in [7, 11) is 3.07. The van der Waals surface area contributed by atoms with Gasteiger partial charge in [0.1, 0.15) is 6.10 Å². The summed E-state index contributed by atoms with van der Waals surface area (Å²) >= 11 is 0. The van der Waals surface area contributed by atoms with Gasteiger partial charge in [-0.3, -0.25) is 4.79 Å². The van der Waals surface area contributed by atoms with Crippen LogP contribution in [0.5, 0.6) is 17.4 Å². The van der Waals surface area contributed by atoms with Gasteiger partial charge in [0.05, 0.1) is 26.3 Å². The molecule has 1 fully saturated rings. The van der Waals surface area contributed by atoms with Crippen LogP contribution in [0.3, 0.4) is 0 Å². The second kappa shape index (κ2) is 9.06. The summed E-state index contributed by atoms with van der Waals surface area (Å²) in [6.45, 7) is 0.714. The first kappa shape index (κ1) is 21.5. The fraction of sp³-hybridized carbons (Fsp3) is 0.333. The van der Waals surface area contributed by atoms with Gasteiger partial charge in [-0.25, -0.2) is 4.98 Å². The quantitative estimate of drug-likeness (QED) is 0.663. The summed E-state index contributed by atoms with van der Waals surface area (Å²) in [5, 5.41) is 0. The summed E-state index contributed by atoms with van der Waals surface area (Å²) in [4.78, 5) is 17.9. The van der Waals surface area contributed by atoms with Crippen LogP contribution in [0.2, 0.25) is 0 Å². The van der Waals surface area contributed by atoms with E-state index in [2.05, 4.69) is 4.98 Å². The molecule has 1 unspecified atom stereocenters. The normalized spacial score (nSPS) is 16.7. The molecule has 0 aliphatic carbocycles. The number of carbonyl (C=O) groups is 1. The van der Waals surface area contributed by atoms with E-state index in [1.165, 1.54) is 20.3 Å². The van der Waals surface area contributed by atoms with E-state index in [1.807, 2.05) is 0 Å². The van der Waals surface area contributed by atoms with E-state index in [0.29, 0.717) is 24.5 Å². The fourth-order valence-corrected chi connectivity index (χ4v) is 3.07. The van der Waals surface area contributed by atoms with Crippen molar-refractivity contribution in [3.8, 4) is 17.4 Å². The van der Waals surface area contributed by atoms with Crippen LogP contribution in [-0.4, -0.2) is 49.2 Å². The Hall–Kier alpha value is -3.23. The Morgan fingerprint density at radius 1 is 1.17 bits per heavy atom. The average molecular weight is 422 g/mol. The van der Waals surface area contributed by atoms with Gasteiger partial charge >= 0.3 is 6.18 Å². The maximum absolute atomic E-state index is 12.8. The predicted octanol–water partition coefficient (Wildman–Crippen LogP) is 3.81. The van der Waals surface area contributed by atoms with Gasteiger partial charge in [0.25, 0.3) is 0 Å². The highest BCUT2D eigenvalue weighted by atomic mass is 19.4. The van der Waals surface area contributed by atoms with Crippen molar-refractivity contribution < 1.29 is 32.2 Å². The van der Waals surface area contributed by atoms with Gasteiger partial charge in [-0.2, -0.15) is 13.2 Å². The fourth-order valence-electron chi connectivity index (χ4n) is 3.07. The number of hydrogen-bond donors (Lipinski definition) is 0. The number of likely N-dealkylation sites (tertiary alicyclic amines) is 1. The zero-order chi connectivity index (χ0) is 21.7. The van der Waals surface area contributed by atoms with E-state index < -0.39 is 17.8 Å². The summed E-state index contributed by atoms with van der Waals surface area (Å²) in [6.07, 6.45) is -0.220. The highest BCUT2D eigenvalue weighted by Gasteiger charge is 2.32. The number of amides is 1. The molecule has 30 heavy (non-hydrogen) atoms. The summed E-state index contributed by atoms with van der Waals surface area (Å²) in [5.41, 5.74) is -0.0579. The number of ether oxygens (including phenoxy) is 3. The molecule has 1 atom stereocenters. The van der Waals surface area contributed by atoms with Crippen LogP contribution in [0.15, 0.2) is 42.6 Å². The Morgan fingerprint density at radius 2 is 1.93 bits per heavy atom. The molecule has 9 heteroatoms. The molecule has 1 aliphatic rings. The number of hydrogen-bond acceptors (Lipinski definition) is 5. The number of pyridine rings is 1. The molecular formula is C21H21F3N2O4. The van der Waals surface area contributed by atoms with Gasteiger partial charge in [0.15, 0.2) is 11.5 Å². The lowest BCUT2D eigenvalue weighted by Gasteiger charge is -2.16. The molecule has 0 N–H and O–H groups in total. The van der Waals surface area contributed by atoms with Gasteiger partial charge in [0, 0.05) is 31.3 Å². The van der Waals surface area contributed by atoms with Crippen molar-refractivity contribution in [1.82, 2.24) is 9.88 Å². The van der Waals surface area contributed by atoms with Crippen molar-refractivity contribution in [2.75, 3.05) is 27.3 Å². The van der Waals surface area contributed by atoms with Crippen molar-refractivity contribution >= 4 is 12.0 Å². The van der Waals surface area contributed by atoms with Crippen LogP contribution in [0.1, 0.15) is 17.5 Å². The van der Waals surface area contributed by atoms with E-state index in [4.69, 9.17) is 14.2 Å². The number of halogens is 3. The maximum atomic E-state index is 12.8. The van der Waals surface area contributed by atoms with Crippen LogP contribution in [0, 0.1) is 0 Å².